The molecule has 3 rings (SSSR count). The van der Waals surface area contributed by atoms with Gasteiger partial charge in [0.1, 0.15) is 5.01 Å². The van der Waals surface area contributed by atoms with Gasteiger partial charge in [-0.2, -0.15) is 0 Å². The highest BCUT2D eigenvalue weighted by Crippen LogP contribution is 2.37. The highest BCUT2D eigenvalue weighted by Gasteiger charge is 2.24. The van der Waals surface area contributed by atoms with Crippen LogP contribution in [0.2, 0.25) is 0 Å². The second-order valence-corrected chi connectivity index (χ2v) is 6.17. The maximum Gasteiger partial charge on any atom is 0.123 e. The Morgan fingerprint density at radius 1 is 1.32 bits per heavy atom. The lowest BCUT2D eigenvalue weighted by Gasteiger charge is -2.21. The Morgan fingerprint density at radius 2 is 2.16 bits per heavy atom. The van der Waals surface area contributed by atoms with Gasteiger partial charge in [-0.15, -0.1) is 11.3 Å². The lowest BCUT2D eigenvalue weighted by Crippen LogP contribution is -2.23. The zero-order valence-electron chi connectivity index (χ0n) is 11.4. The summed E-state index contributed by atoms with van der Waals surface area (Å²) in [4.78, 5) is 6.44. The molecule has 0 bridgehead atoms. The van der Waals surface area contributed by atoms with Crippen LogP contribution >= 0.6 is 11.3 Å². The van der Waals surface area contributed by atoms with E-state index < -0.39 is 0 Å². The molecule has 0 aliphatic heterocycles. The lowest BCUT2D eigenvalue weighted by atomic mass is 9.91. The Kier molecular flexibility index (Phi) is 3.95. The number of hydrogen-bond acceptors (Lipinski definition) is 3. The van der Waals surface area contributed by atoms with Gasteiger partial charge in [-0.05, 0) is 25.8 Å². The molecule has 0 spiro atoms. The molecule has 0 radical (unpaired) electrons. The summed E-state index contributed by atoms with van der Waals surface area (Å²) in [5, 5.41) is 4.66. The topological polar surface area (TPSA) is 24.9 Å². The normalized spacial score (nSPS) is 18.3. The predicted molar refractivity (Wildman–Crippen MR) is 81.8 cm³/mol. The number of nitrogens with zero attached hydrogens (tertiary/aromatic N) is 1. The molecule has 1 aliphatic carbocycles. The van der Waals surface area contributed by atoms with Crippen LogP contribution in [0, 0.1) is 0 Å². The van der Waals surface area contributed by atoms with Crippen LogP contribution in [-0.2, 0) is 6.42 Å². The van der Waals surface area contributed by atoms with Gasteiger partial charge in [0, 0.05) is 22.9 Å². The van der Waals surface area contributed by atoms with Crippen LogP contribution in [0.3, 0.4) is 0 Å². The van der Waals surface area contributed by atoms with Crippen LogP contribution in [0.1, 0.15) is 36.3 Å². The summed E-state index contributed by atoms with van der Waals surface area (Å²) in [7, 11) is 0. The van der Waals surface area contributed by atoms with E-state index in [0.717, 1.165) is 13.1 Å². The number of nitrogens with one attached hydrogen (secondary N) is 1. The van der Waals surface area contributed by atoms with E-state index >= 15 is 0 Å². The van der Waals surface area contributed by atoms with Gasteiger partial charge in [0.25, 0.3) is 0 Å². The van der Waals surface area contributed by atoms with Crippen LogP contribution in [-0.4, -0.2) is 18.1 Å². The first kappa shape index (κ1) is 12.8. The van der Waals surface area contributed by atoms with E-state index in [1.54, 1.807) is 0 Å². The third kappa shape index (κ3) is 2.72. The van der Waals surface area contributed by atoms with Crippen molar-refractivity contribution in [3.8, 4) is 10.6 Å². The molecule has 1 heterocycles. The zero-order valence-corrected chi connectivity index (χ0v) is 12.2. The average Bonchev–Trinajstić information content (AvgIpc) is 2.90. The van der Waals surface area contributed by atoms with Crippen molar-refractivity contribution >= 4 is 11.3 Å². The number of benzene rings is 1. The molecule has 1 aromatic heterocycles. The maximum absolute atomic E-state index is 4.93. The molecule has 1 unspecified atom stereocenters. The number of thiazole rings is 1. The number of likely N-dealkylation sites (N-methyl/N-ethyl adjacent to an activating group) is 1. The number of aryl methyl sites for hydroxylation is 1. The first-order valence-corrected chi connectivity index (χ1v) is 7.96. The molecule has 19 heavy (non-hydrogen) atoms. The monoisotopic (exact) mass is 272 g/mol. The Bertz CT molecular complexity index is 533. The Morgan fingerprint density at radius 3 is 2.95 bits per heavy atom. The smallest absolute Gasteiger partial charge is 0.123 e. The quantitative estimate of drug-likeness (QED) is 0.914. The van der Waals surface area contributed by atoms with Gasteiger partial charge >= 0.3 is 0 Å². The van der Waals surface area contributed by atoms with Gasteiger partial charge in [0.15, 0.2) is 0 Å². The second-order valence-electron chi connectivity index (χ2n) is 5.09. The van der Waals surface area contributed by atoms with E-state index in [2.05, 4.69) is 42.6 Å². The van der Waals surface area contributed by atoms with Crippen molar-refractivity contribution in [2.24, 2.45) is 0 Å². The molecule has 1 aromatic carbocycles. The minimum absolute atomic E-state index is 0.609. The molecule has 0 saturated heterocycles. The molecular formula is C16H20N2S. The van der Waals surface area contributed by atoms with Crippen LogP contribution in [0.5, 0.6) is 0 Å². The first-order valence-electron chi connectivity index (χ1n) is 7.14. The fraction of sp³-hybridized carbons (Fsp3) is 0.438. The molecule has 2 aromatic rings. The SMILES string of the molecule is CCNCC1CCCc2sc(-c3ccccc3)nc21. The van der Waals surface area contributed by atoms with Crippen molar-refractivity contribution in [1.29, 1.82) is 0 Å². The highest BCUT2D eigenvalue weighted by molar-refractivity contribution is 7.15. The third-order valence-corrected chi connectivity index (χ3v) is 4.91. The summed E-state index contributed by atoms with van der Waals surface area (Å²) in [5.74, 6) is 0.609. The van der Waals surface area contributed by atoms with E-state index in [1.807, 2.05) is 11.3 Å². The fourth-order valence-electron chi connectivity index (χ4n) is 2.73. The maximum atomic E-state index is 4.93. The predicted octanol–water partition coefficient (Wildman–Crippen LogP) is 3.84. The summed E-state index contributed by atoms with van der Waals surface area (Å²) in [6, 6.07) is 10.6. The molecule has 2 nitrogen and oxygen atoms in total. The standard InChI is InChI=1S/C16H20N2S/c1-2-17-11-13-9-6-10-14-15(13)18-16(19-14)12-7-4-3-5-8-12/h3-5,7-8,13,17H,2,6,9-11H2,1H3. The Labute approximate surface area is 118 Å². The highest BCUT2D eigenvalue weighted by atomic mass is 32.1. The van der Waals surface area contributed by atoms with Crippen LogP contribution in [0.15, 0.2) is 30.3 Å². The summed E-state index contributed by atoms with van der Waals surface area (Å²) >= 11 is 1.89. The number of rotatable bonds is 4. The van der Waals surface area contributed by atoms with Crippen molar-refractivity contribution in [3.05, 3.63) is 40.9 Å². The van der Waals surface area contributed by atoms with Crippen LogP contribution in [0.4, 0.5) is 0 Å². The van der Waals surface area contributed by atoms with E-state index in [-0.39, 0.29) is 0 Å². The van der Waals surface area contributed by atoms with Crippen molar-refractivity contribution in [2.45, 2.75) is 32.1 Å². The van der Waals surface area contributed by atoms with Gasteiger partial charge in [-0.25, -0.2) is 4.98 Å². The molecular weight excluding hydrogens is 252 g/mol. The van der Waals surface area contributed by atoms with E-state index in [9.17, 15) is 0 Å². The van der Waals surface area contributed by atoms with Crippen molar-refractivity contribution in [3.63, 3.8) is 0 Å². The summed E-state index contributed by atoms with van der Waals surface area (Å²) < 4.78 is 0. The van der Waals surface area contributed by atoms with E-state index in [0.29, 0.717) is 5.92 Å². The largest absolute Gasteiger partial charge is 0.316 e. The van der Waals surface area contributed by atoms with Crippen molar-refractivity contribution in [1.82, 2.24) is 10.3 Å². The Hall–Kier alpha value is -1.19. The van der Waals surface area contributed by atoms with Gasteiger partial charge in [0.05, 0.1) is 5.69 Å². The van der Waals surface area contributed by atoms with Crippen molar-refractivity contribution < 1.29 is 0 Å². The first-order chi connectivity index (χ1) is 9.38. The van der Waals surface area contributed by atoms with Crippen LogP contribution in [0.25, 0.3) is 10.6 Å². The van der Waals surface area contributed by atoms with Gasteiger partial charge < -0.3 is 5.32 Å². The minimum atomic E-state index is 0.609. The number of aromatic nitrogens is 1. The zero-order chi connectivity index (χ0) is 13.1. The van der Waals surface area contributed by atoms with Gasteiger partial charge in [0.2, 0.25) is 0 Å². The lowest BCUT2D eigenvalue weighted by molar-refractivity contribution is 0.509. The van der Waals surface area contributed by atoms with E-state index in [4.69, 9.17) is 4.98 Å². The molecule has 100 valence electrons. The molecule has 1 aliphatic rings. The summed E-state index contributed by atoms with van der Waals surface area (Å²) in [5.41, 5.74) is 2.61. The molecule has 1 atom stereocenters. The number of hydrogen-bond donors (Lipinski definition) is 1. The number of fused-ring (bicyclic) bond motifs is 1. The summed E-state index contributed by atoms with van der Waals surface area (Å²) in [6.45, 7) is 4.28. The molecule has 1 N–H and O–H groups in total. The average molecular weight is 272 g/mol. The van der Waals surface area contributed by atoms with Crippen LogP contribution < -0.4 is 5.32 Å². The molecule has 0 fully saturated rings. The van der Waals surface area contributed by atoms with E-state index in [1.165, 1.54) is 40.4 Å². The van der Waals surface area contributed by atoms with Gasteiger partial charge in [-0.1, -0.05) is 37.3 Å². The summed E-state index contributed by atoms with van der Waals surface area (Å²) in [6.07, 6.45) is 3.79. The minimum Gasteiger partial charge on any atom is -0.316 e. The van der Waals surface area contributed by atoms with Gasteiger partial charge in [-0.3, -0.25) is 0 Å². The molecule has 3 heteroatoms. The fourth-order valence-corrected chi connectivity index (χ4v) is 3.92. The van der Waals surface area contributed by atoms with Crippen molar-refractivity contribution in [2.75, 3.05) is 13.1 Å². The second kappa shape index (κ2) is 5.85. The third-order valence-electron chi connectivity index (χ3n) is 3.73. The molecule has 0 amide bonds. The molecule has 0 saturated carbocycles. The Balaban J connectivity index is 1.89.